The molecule has 4 heteroatoms. The Kier molecular flexibility index (Phi) is 1.76. The van der Waals surface area contributed by atoms with E-state index in [0.717, 1.165) is 5.56 Å². The van der Waals surface area contributed by atoms with E-state index in [9.17, 15) is 0 Å². The molecule has 0 amide bonds. The van der Waals surface area contributed by atoms with Crippen LogP contribution in [0.15, 0.2) is 6.20 Å². The van der Waals surface area contributed by atoms with Gasteiger partial charge in [0, 0.05) is 6.20 Å². The summed E-state index contributed by atoms with van der Waals surface area (Å²) < 4.78 is 4.96. The highest BCUT2D eigenvalue weighted by molar-refractivity contribution is 5.72. The van der Waals surface area contributed by atoms with E-state index >= 15 is 0 Å². The van der Waals surface area contributed by atoms with Gasteiger partial charge in [0.1, 0.15) is 5.69 Å². The molecular formula is C9H13N3O. The second-order valence-corrected chi connectivity index (χ2v) is 3.32. The van der Waals surface area contributed by atoms with Crippen molar-refractivity contribution < 1.29 is 4.74 Å². The standard InChI is InChI=1S/C9H13N3O/c1-13-9-8(11)7(10)6(4-12-9)5-2-3-5/h4-5H,2-3,11H2,1H3,(H2,10,12). The van der Waals surface area contributed by atoms with E-state index in [1.54, 1.807) is 6.20 Å². The first kappa shape index (κ1) is 8.16. The molecule has 2 rings (SSSR count). The maximum atomic E-state index is 5.85. The van der Waals surface area contributed by atoms with Crippen LogP contribution in [0, 0.1) is 0 Å². The fourth-order valence-corrected chi connectivity index (χ4v) is 1.42. The van der Waals surface area contributed by atoms with Crippen LogP contribution in [0.5, 0.6) is 5.88 Å². The molecule has 0 bridgehead atoms. The van der Waals surface area contributed by atoms with Crippen LogP contribution in [-0.4, -0.2) is 12.1 Å². The highest BCUT2D eigenvalue weighted by Gasteiger charge is 2.27. The Morgan fingerprint density at radius 2 is 2.08 bits per heavy atom. The lowest BCUT2D eigenvalue weighted by atomic mass is 10.1. The lowest BCUT2D eigenvalue weighted by Crippen LogP contribution is -2.03. The summed E-state index contributed by atoms with van der Waals surface area (Å²) in [5.41, 5.74) is 13.8. The van der Waals surface area contributed by atoms with Gasteiger partial charge in [-0.05, 0) is 24.3 Å². The molecule has 0 saturated heterocycles. The minimum Gasteiger partial charge on any atom is -0.479 e. The van der Waals surface area contributed by atoms with Gasteiger partial charge in [-0.3, -0.25) is 0 Å². The van der Waals surface area contributed by atoms with Crippen molar-refractivity contribution in [2.45, 2.75) is 18.8 Å². The van der Waals surface area contributed by atoms with Crippen LogP contribution in [0.1, 0.15) is 24.3 Å². The van der Waals surface area contributed by atoms with Crippen LogP contribution in [-0.2, 0) is 0 Å². The third kappa shape index (κ3) is 1.28. The van der Waals surface area contributed by atoms with Crippen LogP contribution in [0.25, 0.3) is 0 Å². The van der Waals surface area contributed by atoms with Crippen molar-refractivity contribution >= 4 is 11.4 Å². The number of nitrogens with two attached hydrogens (primary N) is 2. The number of nitrogen functional groups attached to an aromatic ring is 2. The predicted molar refractivity (Wildman–Crippen MR) is 51.6 cm³/mol. The van der Waals surface area contributed by atoms with Gasteiger partial charge in [0.25, 0.3) is 0 Å². The molecule has 1 aliphatic rings. The number of hydrogen-bond donors (Lipinski definition) is 2. The van der Waals surface area contributed by atoms with E-state index in [1.807, 2.05) is 0 Å². The van der Waals surface area contributed by atoms with Gasteiger partial charge in [-0.1, -0.05) is 0 Å². The monoisotopic (exact) mass is 179 g/mol. The molecule has 1 aliphatic carbocycles. The minimum atomic E-state index is 0.418. The SMILES string of the molecule is COc1ncc(C2CC2)c(N)c1N. The van der Waals surface area contributed by atoms with Gasteiger partial charge in [-0.25, -0.2) is 4.98 Å². The third-order valence-electron chi connectivity index (χ3n) is 2.36. The number of rotatable bonds is 2. The summed E-state index contributed by atoms with van der Waals surface area (Å²) in [6.45, 7) is 0. The smallest absolute Gasteiger partial charge is 0.239 e. The van der Waals surface area contributed by atoms with Gasteiger partial charge >= 0.3 is 0 Å². The average molecular weight is 179 g/mol. The van der Waals surface area contributed by atoms with E-state index in [-0.39, 0.29) is 0 Å². The maximum Gasteiger partial charge on any atom is 0.239 e. The molecule has 0 radical (unpaired) electrons. The van der Waals surface area contributed by atoms with Crippen molar-refractivity contribution in [1.82, 2.24) is 4.98 Å². The van der Waals surface area contributed by atoms with E-state index < -0.39 is 0 Å². The fraction of sp³-hybridized carbons (Fsp3) is 0.444. The Labute approximate surface area is 76.9 Å². The summed E-state index contributed by atoms with van der Waals surface area (Å²) in [5.74, 6) is 0.989. The fourth-order valence-electron chi connectivity index (χ4n) is 1.42. The third-order valence-corrected chi connectivity index (χ3v) is 2.36. The van der Waals surface area contributed by atoms with E-state index in [0.29, 0.717) is 23.2 Å². The molecule has 0 atom stereocenters. The van der Waals surface area contributed by atoms with Crippen LogP contribution in [0.4, 0.5) is 11.4 Å². The van der Waals surface area contributed by atoms with Gasteiger partial charge < -0.3 is 16.2 Å². The van der Waals surface area contributed by atoms with Crippen LogP contribution in [0.3, 0.4) is 0 Å². The molecule has 4 nitrogen and oxygen atoms in total. The quantitative estimate of drug-likeness (QED) is 0.713. The molecule has 0 unspecified atom stereocenters. The van der Waals surface area contributed by atoms with Crippen molar-refractivity contribution in [1.29, 1.82) is 0 Å². The first-order chi connectivity index (χ1) is 6.24. The summed E-state index contributed by atoms with van der Waals surface area (Å²) in [7, 11) is 1.54. The molecule has 4 N–H and O–H groups in total. The number of aromatic nitrogens is 1. The number of methoxy groups -OCH3 is 1. The van der Waals surface area contributed by atoms with Crippen molar-refractivity contribution in [3.8, 4) is 5.88 Å². The Morgan fingerprint density at radius 3 is 2.62 bits per heavy atom. The molecule has 0 aliphatic heterocycles. The lowest BCUT2D eigenvalue weighted by Gasteiger charge is -2.09. The normalized spacial score (nSPS) is 15.8. The summed E-state index contributed by atoms with van der Waals surface area (Å²) in [5, 5.41) is 0. The number of ether oxygens (including phenoxy) is 1. The largest absolute Gasteiger partial charge is 0.479 e. The van der Waals surface area contributed by atoms with Crippen molar-refractivity contribution in [3.05, 3.63) is 11.8 Å². The van der Waals surface area contributed by atoms with Gasteiger partial charge in [0.2, 0.25) is 5.88 Å². The molecule has 0 spiro atoms. The van der Waals surface area contributed by atoms with Crippen LogP contribution >= 0.6 is 0 Å². The second-order valence-electron chi connectivity index (χ2n) is 3.32. The zero-order valence-corrected chi connectivity index (χ0v) is 7.58. The van der Waals surface area contributed by atoms with Crippen LogP contribution < -0.4 is 16.2 Å². The van der Waals surface area contributed by atoms with Gasteiger partial charge in [-0.2, -0.15) is 0 Å². The molecule has 1 saturated carbocycles. The number of pyridine rings is 1. The Morgan fingerprint density at radius 1 is 1.38 bits per heavy atom. The molecule has 1 aromatic rings. The van der Waals surface area contributed by atoms with Crippen molar-refractivity contribution in [3.63, 3.8) is 0 Å². The Hall–Kier alpha value is -1.45. The predicted octanol–water partition coefficient (Wildman–Crippen LogP) is 1.13. The van der Waals surface area contributed by atoms with E-state index in [2.05, 4.69) is 4.98 Å². The number of hydrogen-bond acceptors (Lipinski definition) is 4. The zero-order valence-electron chi connectivity index (χ0n) is 7.58. The first-order valence-corrected chi connectivity index (χ1v) is 4.32. The molecule has 1 fully saturated rings. The molecule has 70 valence electrons. The Bertz CT molecular complexity index is 334. The zero-order chi connectivity index (χ0) is 9.42. The van der Waals surface area contributed by atoms with Crippen molar-refractivity contribution in [2.75, 3.05) is 18.6 Å². The van der Waals surface area contributed by atoms with Gasteiger partial charge in [0.15, 0.2) is 0 Å². The maximum absolute atomic E-state index is 5.85. The molecular weight excluding hydrogens is 166 g/mol. The number of anilines is 2. The molecule has 13 heavy (non-hydrogen) atoms. The van der Waals surface area contributed by atoms with E-state index in [4.69, 9.17) is 16.2 Å². The Balaban J connectivity index is 2.44. The average Bonchev–Trinajstić information content (AvgIpc) is 2.93. The summed E-state index contributed by atoms with van der Waals surface area (Å²) >= 11 is 0. The number of nitrogens with zero attached hydrogens (tertiary/aromatic N) is 1. The first-order valence-electron chi connectivity index (χ1n) is 4.32. The van der Waals surface area contributed by atoms with Crippen molar-refractivity contribution in [2.24, 2.45) is 0 Å². The topological polar surface area (TPSA) is 74.2 Å². The lowest BCUT2D eigenvalue weighted by molar-refractivity contribution is 0.400. The molecule has 0 aromatic carbocycles. The molecule has 1 heterocycles. The summed E-state index contributed by atoms with van der Waals surface area (Å²) in [6, 6.07) is 0. The summed E-state index contributed by atoms with van der Waals surface area (Å²) in [6.07, 6.45) is 4.15. The highest BCUT2D eigenvalue weighted by Crippen LogP contribution is 2.44. The van der Waals surface area contributed by atoms with Crippen LogP contribution in [0.2, 0.25) is 0 Å². The molecule has 1 aromatic heterocycles. The summed E-state index contributed by atoms with van der Waals surface area (Å²) in [4.78, 5) is 4.09. The van der Waals surface area contributed by atoms with Gasteiger partial charge in [-0.15, -0.1) is 0 Å². The second kappa shape index (κ2) is 2.80. The van der Waals surface area contributed by atoms with Gasteiger partial charge in [0.05, 0.1) is 12.8 Å². The highest BCUT2D eigenvalue weighted by atomic mass is 16.5. The minimum absolute atomic E-state index is 0.418. The van der Waals surface area contributed by atoms with E-state index in [1.165, 1.54) is 20.0 Å².